The van der Waals surface area contributed by atoms with Gasteiger partial charge in [-0.1, -0.05) is 19.3 Å². The van der Waals surface area contributed by atoms with E-state index in [1.165, 1.54) is 0 Å². The van der Waals surface area contributed by atoms with Crippen molar-refractivity contribution in [2.75, 3.05) is 6.54 Å². The molecule has 1 amide bonds. The zero-order valence-corrected chi connectivity index (χ0v) is 8.78. The van der Waals surface area contributed by atoms with E-state index in [0.29, 0.717) is 6.54 Å². The fourth-order valence-corrected chi connectivity index (χ4v) is 2.68. The number of aliphatic hydroxyl groups is 1. The number of carbonyl (C=O) groups is 1. The standard InChI is InChI=1S/C11H16N2O2/c12-8-11(4-2-1-3-5-11)13-7-9(14)6-10(13)15/h9,14H,1-7H2. The number of rotatable bonds is 1. The number of nitrogens with zero attached hydrogens (tertiary/aromatic N) is 2. The highest BCUT2D eigenvalue weighted by Crippen LogP contribution is 2.35. The Morgan fingerprint density at radius 3 is 2.53 bits per heavy atom. The number of hydrogen-bond donors (Lipinski definition) is 1. The van der Waals surface area contributed by atoms with Crippen LogP contribution in [0.4, 0.5) is 0 Å². The first-order chi connectivity index (χ1) is 7.18. The molecule has 1 unspecified atom stereocenters. The molecule has 1 N–H and O–H groups in total. The van der Waals surface area contributed by atoms with Crippen molar-refractivity contribution >= 4 is 5.91 Å². The second kappa shape index (κ2) is 3.82. The normalized spacial score (nSPS) is 30.3. The van der Waals surface area contributed by atoms with Crippen molar-refractivity contribution in [2.45, 2.75) is 50.2 Å². The predicted molar refractivity (Wildman–Crippen MR) is 53.8 cm³/mol. The van der Waals surface area contributed by atoms with Crippen LogP contribution < -0.4 is 0 Å². The molecule has 1 saturated carbocycles. The average molecular weight is 208 g/mol. The molecule has 0 aromatic carbocycles. The molecule has 2 aliphatic rings. The summed E-state index contributed by atoms with van der Waals surface area (Å²) in [6.07, 6.45) is 4.30. The molecule has 2 rings (SSSR count). The predicted octanol–water partition coefficient (Wildman–Crippen LogP) is 0.806. The number of aliphatic hydroxyl groups excluding tert-OH is 1. The van der Waals surface area contributed by atoms with Crippen LogP contribution in [0.15, 0.2) is 0 Å². The number of hydrogen-bond acceptors (Lipinski definition) is 3. The fourth-order valence-electron chi connectivity index (χ4n) is 2.68. The minimum atomic E-state index is -0.618. The quantitative estimate of drug-likeness (QED) is 0.693. The summed E-state index contributed by atoms with van der Waals surface area (Å²) < 4.78 is 0. The maximum absolute atomic E-state index is 11.7. The average Bonchev–Trinajstić information content (AvgIpc) is 2.59. The summed E-state index contributed by atoms with van der Waals surface area (Å²) in [7, 11) is 0. The number of carbonyl (C=O) groups excluding carboxylic acids is 1. The molecule has 0 aromatic rings. The van der Waals surface area contributed by atoms with Gasteiger partial charge in [0.15, 0.2) is 0 Å². The highest BCUT2D eigenvalue weighted by Gasteiger charge is 2.45. The van der Waals surface area contributed by atoms with Gasteiger partial charge in [-0.2, -0.15) is 5.26 Å². The lowest BCUT2D eigenvalue weighted by molar-refractivity contribution is -0.132. The molecule has 4 nitrogen and oxygen atoms in total. The van der Waals surface area contributed by atoms with Crippen LogP contribution in [0.5, 0.6) is 0 Å². The van der Waals surface area contributed by atoms with Crippen LogP contribution in [0.1, 0.15) is 38.5 Å². The van der Waals surface area contributed by atoms with Gasteiger partial charge in [0.2, 0.25) is 5.91 Å². The van der Waals surface area contributed by atoms with Crippen molar-refractivity contribution in [2.24, 2.45) is 0 Å². The molecule has 0 spiro atoms. The monoisotopic (exact) mass is 208 g/mol. The Morgan fingerprint density at radius 1 is 1.40 bits per heavy atom. The van der Waals surface area contributed by atoms with Gasteiger partial charge in [-0.3, -0.25) is 4.79 Å². The van der Waals surface area contributed by atoms with Gasteiger partial charge in [0.1, 0.15) is 5.54 Å². The highest BCUT2D eigenvalue weighted by atomic mass is 16.3. The molecule has 4 heteroatoms. The maximum Gasteiger partial charge on any atom is 0.226 e. The Bertz CT molecular complexity index is 302. The second-order valence-corrected chi connectivity index (χ2v) is 4.57. The van der Waals surface area contributed by atoms with E-state index in [2.05, 4.69) is 6.07 Å². The van der Waals surface area contributed by atoms with Gasteiger partial charge >= 0.3 is 0 Å². The number of likely N-dealkylation sites (tertiary alicyclic amines) is 1. The number of amides is 1. The van der Waals surface area contributed by atoms with Gasteiger partial charge in [0.25, 0.3) is 0 Å². The molecule has 1 saturated heterocycles. The second-order valence-electron chi connectivity index (χ2n) is 4.57. The van der Waals surface area contributed by atoms with Gasteiger partial charge in [-0.15, -0.1) is 0 Å². The van der Waals surface area contributed by atoms with Crippen molar-refractivity contribution in [3.63, 3.8) is 0 Å². The molecular weight excluding hydrogens is 192 g/mol. The van der Waals surface area contributed by atoms with Gasteiger partial charge in [0, 0.05) is 6.54 Å². The summed E-state index contributed by atoms with van der Waals surface area (Å²) in [5.74, 6) is -0.0639. The Balaban J connectivity index is 2.19. The lowest BCUT2D eigenvalue weighted by Gasteiger charge is -2.38. The zero-order chi connectivity index (χ0) is 10.9. The van der Waals surface area contributed by atoms with Crippen LogP contribution in [0.2, 0.25) is 0 Å². The first-order valence-electron chi connectivity index (χ1n) is 5.58. The number of β-amino-alcohol motifs (C(OH)–C–C–N with tert-alkyl or cyclic N) is 1. The molecule has 0 bridgehead atoms. The Hall–Kier alpha value is -1.08. The molecule has 0 radical (unpaired) electrons. The van der Waals surface area contributed by atoms with Crippen molar-refractivity contribution in [1.82, 2.24) is 4.90 Å². The number of nitriles is 1. The van der Waals surface area contributed by atoms with Crippen molar-refractivity contribution < 1.29 is 9.90 Å². The molecule has 1 heterocycles. The Morgan fingerprint density at radius 2 is 2.07 bits per heavy atom. The lowest BCUT2D eigenvalue weighted by atomic mass is 9.81. The van der Waals surface area contributed by atoms with Gasteiger partial charge in [-0.05, 0) is 12.8 Å². The van der Waals surface area contributed by atoms with E-state index >= 15 is 0 Å². The lowest BCUT2D eigenvalue weighted by Crippen LogP contribution is -2.50. The Labute approximate surface area is 89.5 Å². The molecular formula is C11H16N2O2. The maximum atomic E-state index is 11.7. The molecule has 0 aromatic heterocycles. The van der Waals surface area contributed by atoms with Crippen molar-refractivity contribution in [1.29, 1.82) is 5.26 Å². The first kappa shape index (κ1) is 10.4. The van der Waals surface area contributed by atoms with Gasteiger partial charge < -0.3 is 10.0 Å². The van der Waals surface area contributed by atoms with Gasteiger partial charge in [-0.25, -0.2) is 0 Å². The molecule has 1 aliphatic carbocycles. The minimum absolute atomic E-state index is 0.0639. The highest BCUT2D eigenvalue weighted by molar-refractivity contribution is 5.80. The van der Waals surface area contributed by atoms with E-state index in [0.717, 1.165) is 32.1 Å². The van der Waals surface area contributed by atoms with Crippen LogP contribution in [0.3, 0.4) is 0 Å². The van der Waals surface area contributed by atoms with E-state index in [9.17, 15) is 15.2 Å². The minimum Gasteiger partial charge on any atom is -0.391 e. The molecule has 2 fully saturated rings. The van der Waals surface area contributed by atoms with E-state index < -0.39 is 11.6 Å². The summed E-state index contributed by atoms with van der Waals surface area (Å²) in [5.41, 5.74) is -0.618. The Kier molecular flexibility index (Phi) is 2.66. The van der Waals surface area contributed by atoms with E-state index in [1.54, 1.807) is 4.90 Å². The topological polar surface area (TPSA) is 64.3 Å². The summed E-state index contributed by atoms with van der Waals surface area (Å²) >= 11 is 0. The van der Waals surface area contributed by atoms with Crippen LogP contribution in [0.25, 0.3) is 0 Å². The molecule has 1 aliphatic heterocycles. The summed E-state index contributed by atoms with van der Waals surface area (Å²) in [6.45, 7) is 0.340. The van der Waals surface area contributed by atoms with E-state index in [1.807, 2.05) is 0 Å². The van der Waals surface area contributed by atoms with Crippen LogP contribution in [0, 0.1) is 11.3 Å². The largest absolute Gasteiger partial charge is 0.391 e. The molecule has 82 valence electrons. The van der Waals surface area contributed by atoms with Crippen molar-refractivity contribution in [3.8, 4) is 6.07 Å². The van der Waals surface area contributed by atoms with Crippen molar-refractivity contribution in [3.05, 3.63) is 0 Å². The van der Waals surface area contributed by atoms with Crippen LogP contribution in [-0.2, 0) is 4.79 Å². The third-order valence-corrected chi connectivity index (χ3v) is 3.51. The van der Waals surface area contributed by atoms with E-state index in [-0.39, 0.29) is 12.3 Å². The summed E-state index contributed by atoms with van der Waals surface area (Å²) in [6, 6.07) is 2.30. The fraction of sp³-hybridized carbons (Fsp3) is 0.818. The summed E-state index contributed by atoms with van der Waals surface area (Å²) in [4.78, 5) is 13.3. The summed E-state index contributed by atoms with van der Waals surface area (Å²) in [5, 5.41) is 18.7. The molecule has 15 heavy (non-hydrogen) atoms. The SMILES string of the molecule is N#CC1(N2CC(O)CC2=O)CCCCC1. The van der Waals surface area contributed by atoms with E-state index in [4.69, 9.17) is 0 Å². The van der Waals surface area contributed by atoms with Crippen LogP contribution in [-0.4, -0.2) is 34.1 Å². The third-order valence-electron chi connectivity index (χ3n) is 3.51. The first-order valence-corrected chi connectivity index (χ1v) is 5.58. The zero-order valence-electron chi connectivity index (χ0n) is 8.78. The third kappa shape index (κ3) is 1.72. The van der Waals surface area contributed by atoms with Gasteiger partial charge in [0.05, 0.1) is 18.6 Å². The molecule has 1 atom stereocenters. The smallest absolute Gasteiger partial charge is 0.226 e. The van der Waals surface area contributed by atoms with Crippen LogP contribution >= 0.6 is 0 Å².